The van der Waals surface area contributed by atoms with Gasteiger partial charge in [0, 0.05) is 13.1 Å². The molecule has 1 atom stereocenters. The number of amides is 1. The third-order valence-electron chi connectivity index (χ3n) is 3.23. The number of nitrogens with zero attached hydrogens (tertiary/aromatic N) is 3. The van der Waals surface area contributed by atoms with Crippen molar-refractivity contribution in [3.05, 3.63) is 29.1 Å². The third-order valence-corrected chi connectivity index (χ3v) is 3.23. The summed E-state index contributed by atoms with van der Waals surface area (Å²) >= 11 is 0. The predicted molar refractivity (Wildman–Crippen MR) is 89.3 cm³/mol. The number of rotatable bonds is 6. The van der Waals surface area contributed by atoms with E-state index in [9.17, 15) is 19.8 Å². The summed E-state index contributed by atoms with van der Waals surface area (Å²) in [5.74, 6) is -1.32. The maximum Gasteiger partial charge on any atom is 0.310 e. The Bertz CT molecular complexity index is 649. The largest absolute Gasteiger partial charge is 0.499 e. The first kappa shape index (κ1) is 19.5. The maximum absolute atomic E-state index is 11.4. The molecule has 1 amide bonds. The molecule has 0 aromatic carbocycles. The lowest BCUT2D eigenvalue weighted by Gasteiger charge is -2.33. The molecule has 24 heavy (non-hydrogen) atoms. The van der Waals surface area contributed by atoms with Crippen molar-refractivity contribution in [1.29, 1.82) is 0 Å². The zero-order chi connectivity index (χ0) is 18.3. The zero-order valence-corrected chi connectivity index (χ0v) is 14.1. The van der Waals surface area contributed by atoms with Crippen LogP contribution >= 0.6 is 0 Å². The standard InChI is InChI=1S/C13H18N4O5.C2H6/c1-3-4-22-16(8-18)9-5-10(7-15(2)6-9)17-13(21)11(19)12(20)14-17;1-2/h3,5,8-9,19,21H,1,4,6-7H2,2H3,(H,14,20);1-2H3. The second-order valence-electron chi connectivity index (χ2n) is 4.92. The summed E-state index contributed by atoms with van der Waals surface area (Å²) in [6.45, 7) is 8.61. The summed E-state index contributed by atoms with van der Waals surface area (Å²) in [7, 11) is 1.81. The van der Waals surface area contributed by atoms with E-state index in [1.165, 1.54) is 6.08 Å². The van der Waals surface area contributed by atoms with Crippen LogP contribution in [0.25, 0.3) is 5.70 Å². The first-order valence-corrected chi connectivity index (χ1v) is 7.58. The molecule has 0 bridgehead atoms. The van der Waals surface area contributed by atoms with Gasteiger partial charge in [0.2, 0.25) is 12.2 Å². The van der Waals surface area contributed by atoms with E-state index in [0.717, 1.165) is 9.75 Å². The smallest absolute Gasteiger partial charge is 0.310 e. The minimum Gasteiger partial charge on any atom is -0.499 e. The van der Waals surface area contributed by atoms with Gasteiger partial charge in [0.1, 0.15) is 0 Å². The molecule has 3 N–H and O–H groups in total. The van der Waals surface area contributed by atoms with Gasteiger partial charge >= 0.3 is 5.56 Å². The van der Waals surface area contributed by atoms with Crippen LogP contribution in [0.2, 0.25) is 0 Å². The van der Waals surface area contributed by atoms with E-state index in [1.807, 2.05) is 25.8 Å². The highest BCUT2D eigenvalue weighted by atomic mass is 16.7. The summed E-state index contributed by atoms with van der Waals surface area (Å²) < 4.78 is 1.08. The molecule has 1 aromatic heterocycles. The molecule has 0 saturated heterocycles. The van der Waals surface area contributed by atoms with Crippen molar-refractivity contribution in [2.45, 2.75) is 19.9 Å². The molecule has 2 heterocycles. The lowest BCUT2D eigenvalue weighted by molar-refractivity contribution is -0.177. The minimum absolute atomic E-state index is 0.175. The second-order valence-corrected chi connectivity index (χ2v) is 4.92. The number of carbonyl (C=O) groups excluding carboxylic acids is 1. The van der Waals surface area contributed by atoms with Gasteiger partial charge in [-0.2, -0.15) is 0 Å². The lowest BCUT2D eigenvalue weighted by atomic mass is 10.1. The number of aromatic amines is 1. The van der Waals surface area contributed by atoms with E-state index in [-0.39, 0.29) is 6.61 Å². The zero-order valence-electron chi connectivity index (χ0n) is 14.1. The van der Waals surface area contributed by atoms with E-state index in [0.29, 0.717) is 25.2 Å². The van der Waals surface area contributed by atoms with Crippen molar-refractivity contribution in [2.75, 3.05) is 26.7 Å². The van der Waals surface area contributed by atoms with Crippen molar-refractivity contribution >= 4 is 12.1 Å². The average molecular weight is 340 g/mol. The van der Waals surface area contributed by atoms with Gasteiger partial charge in [-0.1, -0.05) is 19.9 Å². The maximum atomic E-state index is 11.4. The first-order chi connectivity index (χ1) is 11.5. The van der Waals surface area contributed by atoms with Crippen LogP contribution in [0.1, 0.15) is 13.8 Å². The van der Waals surface area contributed by atoms with E-state index in [1.54, 1.807) is 6.08 Å². The van der Waals surface area contributed by atoms with Crippen molar-refractivity contribution in [3.8, 4) is 11.6 Å². The molecule has 1 aliphatic heterocycles. The van der Waals surface area contributed by atoms with Crippen molar-refractivity contribution < 1.29 is 19.8 Å². The number of carbonyl (C=O) groups is 1. The van der Waals surface area contributed by atoms with Crippen LogP contribution in [-0.4, -0.2) is 69.2 Å². The summed E-state index contributed by atoms with van der Waals surface area (Å²) in [4.78, 5) is 29.7. The molecule has 0 radical (unpaired) electrons. The monoisotopic (exact) mass is 340 g/mol. The molecule has 2 rings (SSSR count). The number of likely N-dealkylation sites (N-methyl/N-ethyl adjacent to an activating group) is 1. The topological polar surface area (TPSA) is 111 Å². The number of nitrogens with one attached hydrogen (secondary N) is 1. The number of aromatic hydroxyl groups is 2. The Kier molecular flexibility index (Phi) is 7.28. The Hall–Kier alpha value is -2.52. The lowest BCUT2D eigenvalue weighted by Crippen LogP contribution is -2.45. The molecule has 1 unspecified atom stereocenters. The fourth-order valence-electron chi connectivity index (χ4n) is 2.25. The molecule has 1 aromatic rings. The molecule has 0 aliphatic carbocycles. The quantitative estimate of drug-likeness (QED) is 0.391. The molecule has 0 fully saturated rings. The molecule has 0 spiro atoms. The Morgan fingerprint density at radius 2 is 2.17 bits per heavy atom. The fourth-order valence-corrected chi connectivity index (χ4v) is 2.25. The van der Waals surface area contributed by atoms with Gasteiger partial charge in [-0.05, 0) is 13.1 Å². The Balaban J connectivity index is 0.00000139. The van der Waals surface area contributed by atoms with Gasteiger partial charge in [-0.3, -0.25) is 24.4 Å². The first-order valence-electron chi connectivity index (χ1n) is 7.58. The van der Waals surface area contributed by atoms with Crippen molar-refractivity contribution in [3.63, 3.8) is 0 Å². The highest BCUT2D eigenvalue weighted by molar-refractivity contribution is 5.55. The average Bonchev–Trinajstić information content (AvgIpc) is 2.84. The van der Waals surface area contributed by atoms with E-state index in [4.69, 9.17) is 4.84 Å². The molecule has 1 aliphatic rings. The highest BCUT2D eigenvalue weighted by Gasteiger charge is 2.26. The molecular formula is C15H24N4O5. The van der Waals surface area contributed by atoms with E-state index >= 15 is 0 Å². The predicted octanol–water partition coefficient (Wildman–Crippen LogP) is 0.345. The van der Waals surface area contributed by atoms with Crippen LogP contribution in [-0.2, 0) is 9.63 Å². The number of H-pyrrole nitrogens is 1. The van der Waals surface area contributed by atoms with E-state index in [2.05, 4.69) is 11.7 Å². The number of hydrogen-bond acceptors (Lipinski definition) is 6. The Morgan fingerprint density at radius 3 is 2.67 bits per heavy atom. The number of hydroxylamine groups is 2. The normalized spacial score (nSPS) is 17.5. The van der Waals surface area contributed by atoms with Crippen LogP contribution < -0.4 is 5.56 Å². The van der Waals surface area contributed by atoms with Crippen LogP contribution in [0.15, 0.2) is 23.5 Å². The van der Waals surface area contributed by atoms with Gasteiger partial charge in [0.25, 0.3) is 5.88 Å². The van der Waals surface area contributed by atoms with Crippen molar-refractivity contribution in [2.24, 2.45) is 0 Å². The van der Waals surface area contributed by atoms with Gasteiger partial charge in [0.05, 0.1) is 18.3 Å². The van der Waals surface area contributed by atoms with Crippen LogP contribution in [0, 0.1) is 0 Å². The van der Waals surface area contributed by atoms with Gasteiger partial charge in [-0.15, -0.1) is 6.58 Å². The Labute approximate surface area is 140 Å². The molecule has 0 saturated carbocycles. The summed E-state index contributed by atoms with van der Waals surface area (Å²) in [6, 6.07) is -0.418. The second kappa shape index (κ2) is 8.94. The highest BCUT2D eigenvalue weighted by Crippen LogP contribution is 2.25. The van der Waals surface area contributed by atoms with Crippen LogP contribution in [0.5, 0.6) is 11.6 Å². The van der Waals surface area contributed by atoms with Crippen molar-refractivity contribution in [1.82, 2.24) is 19.7 Å². The summed E-state index contributed by atoms with van der Waals surface area (Å²) in [6.07, 6.45) is 3.74. The van der Waals surface area contributed by atoms with Crippen LogP contribution in [0.4, 0.5) is 0 Å². The van der Waals surface area contributed by atoms with Crippen LogP contribution in [0.3, 0.4) is 0 Å². The Morgan fingerprint density at radius 1 is 1.50 bits per heavy atom. The molecule has 9 heteroatoms. The van der Waals surface area contributed by atoms with Gasteiger partial charge in [0.15, 0.2) is 0 Å². The summed E-state index contributed by atoms with van der Waals surface area (Å²) in [5, 5.41) is 22.6. The summed E-state index contributed by atoms with van der Waals surface area (Å²) in [5.41, 5.74) is -0.291. The van der Waals surface area contributed by atoms with E-state index < -0.39 is 23.2 Å². The number of hydrogen-bond donors (Lipinski definition) is 3. The van der Waals surface area contributed by atoms with Gasteiger partial charge in [-0.25, -0.2) is 9.75 Å². The molecule has 9 nitrogen and oxygen atoms in total. The minimum atomic E-state index is -0.793. The number of aromatic nitrogens is 2. The molecule has 134 valence electrons. The van der Waals surface area contributed by atoms with Gasteiger partial charge < -0.3 is 10.2 Å². The fraction of sp³-hybridized carbons (Fsp3) is 0.467. The third kappa shape index (κ3) is 4.27. The SMILES string of the molecule is C=CCON(C=O)C1C=C(n2[nH]c(=O)c(O)c2O)CN(C)C1.CC. The molecular weight excluding hydrogens is 316 g/mol.